The number of hydrogen-bond donors (Lipinski definition) is 1. The van der Waals surface area contributed by atoms with Gasteiger partial charge in [-0.3, -0.25) is 4.79 Å². The highest BCUT2D eigenvalue weighted by Crippen LogP contribution is 2.14. The molecule has 0 atom stereocenters. The lowest BCUT2D eigenvalue weighted by Crippen LogP contribution is -2.23. The Balaban J connectivity index is 2.04. The average molecular weight is 363 g/mol. The molecule has 0 spiro atoms. The number of carbonyl (C=O) groups excluding carboxylic acids is 1. The summed E-state index contributed by atoms with van der Waals surface area (Å²) in [4.78, 5) is 11.7. The van der Waals surface area contributed by atoms with Gasteiger partial charge in [0.15, 0.2) is 3.77 Å². The second-order valence-corrected chi connectivity index (χ2v) is 4.51. The molecule has 0 saturated carbocycles. The molecule has 0 aliphatic heterocycles. The highest BCUT2D eigenvalue weighted by atomic mass is 127. The number of nitrogens with one attached hydrogen (secondary N) is 1. The van der Waals surface area contributed by atoms with Crippen LogP contribution >= 0.6 is 22.6 Å². The quantitative estimate of drug-likeness (QED) is 0.852. The van der Waals surface area contributed by atoms with Crippen LogP contribution in [0.3, 0.4) is 0 Å². The highest BCUT2D eigenvalue weighted by Gasteiger charge is 2.13. The van der Waals surface area contributed by atoms with Gasteiger partial charge in [-0.2, -0.15) is 0 Å². The first-order valence-corrected chi connectivity index (χ1v) is 6.11. The fourth-order valence-corrected chi connectivity index (χ4v) is 1.96. The lowest BCUT2D eigenvalue weighted by atomic mass is 10.2. The van der Waals surface area contributed by atoms with Crippen molar-refractivity contribution in [1.29, 1.82) is 0 Å². The number of amides is 1. The van der Waals surface area contributed by atoms with Crippen LogP contribution in [0.15, 0.2) is 34.9 Å². The number of benzene rings is 1. The van der Waals surface area contributed by atoms with Gasteiger partial charge in [0, 0.05) is 40.8 Å². The standard InChI is InChI=1S/C12H8F2INO2/c13-8-2-1-7(10(14)5-8)6-16-12(17)9-3-4-18-11(9)15/h1-5H,6H2,(H,16,17). The van der Waals surface area contributed by atoms with E-state index in [0.717, 1.165) is 12.1 Å². The zero-order valence-corrected chi connectivity index (χ0v) is 11.2. The fraction of sp³-hybridized carbons (Fsp3) is 0.0833. The van der Waals surface area contributed by atoms with Crippen molar-refractivity contribution in [1.82, 2.24) is 5.32 Å². The lowest BCUT2D eigenvalue weighted by Gasteiger charge is -2.05. The first kappa shape index (κ1) is 13.0. The van der Waals surface area contributed by atoms with Crippen molar-refractivity contribution in [2.24, 2.45) is 0 Å². The number of carbonyl (C=O) groups is 1. The molecule has 0 unspecified atom stereocenters. The normalized spacial score (nSPS) is 10.4. The largest absolute Gasteiger partial charge is 0.458 e. The summed E-state index contributed by atoms with van der Waals surface area (Å²) in [5.74, 6) is -1.69. The van der Waals surface area contributed by atoms with E-state index in [2.05, 4.69) is 5.32 Å². The SMILES string of the molecule is O=C(NCc1ccc(F)cc1F)c1ccoc1I. The Bertz CT molecular complexity index is 583. The van der Waals surface area contributed by atoms with Crippen LogP contribution in [0.5, 0.6) is 0 Å². The molecule has 0 fully saturated rings. The minimum absolute atomic E-state index is 0.00773. The van der Waals surface area contributed by atoms with Gasteiger partial charge in [-0.15, -0.1) is 0 Å². The predicted octanol–water partition coefficient (Wildman–Crippen LogP) is 3.09. The van der Waals surface area contributed by atoms with Crippen LogP contribution in [0.1, 0.15) is 15.9 Å². The van der Waals surface area contributed by atoms with E-state index in [1.54, 1.807) is 0 Å². The lowest BCUT2D eigenvalue weighted by molar-refractivity contribution is 0.0948. The summed E-state index contributed by atoms with van der Waals surface area (Å²) in [5.41, 5.74) is 0.612. The molecule has 0 saturated heterocycles. The Morgan fingerprint density at radius 3 is 2.72 bits per heavy atom. The molecule has 1 heterocycles. The maximum absolute atomic E-state index is 13.3. The summed E-state index contributed by atoms with van der Waals surface area (Å²) in [7, 11) is 0. The summed E-state index contributed by atoms with van der Waals surface area (Å²) < 4.78 is 31.4. The number of furan rings is 1. The topological polar surface area (TPSA) is 42.2 Å². The van der Waals surface area contributed by atoms with Crippen LogP contribution in [-0.2, 0) is 6.54 Å². The van der Waals surface area contributed by atoms with Gasteiger partial charge in [-0.05, 0) is 12.1 Å². The molecule has 94 valence electrons. The van der Waals surface area contributed by atoms with Crippen LogP contribution < -0.4 is 5.32 Å². The van der Waals surface area contributed by atoms with Crippen molar-refractivity contribution in [2.75, 3.05) is 0 Å². The van der Waals surface area contributed by atoms with Crippen LogP contribution in [0.25, 0.3) is 0 Å². The third kappa shape index (κ3) is 2.87. The monoisotopic (exact) mass is 363 g/mol. The molecule has 1 N–H and O–H groups in total. The fourth-order valence-electron chi connectivity index (χ4n) is 1.39. The zero-order valence-electron chi connectivity index (χ0n) is 9.04. The first-order valence-electron chi connectivity index (χ1n) is 5.03. The summed E-state index contributed by atoms with van der Waals surface area (Å²) >= 11 is 1.89. The Hall–Kier alpha value is -1.44. The Morgan fingerprint density at radius 2 is 2.11 bits per heavy atom. The Kier molecular flexibility index (Phi) is 3.95. The van der Waals surface area contributed by atoms with Crippen LogP contribution in [0.2, 0.25) is 0 Å². The van der Waals surface area contributed by atoms with Gasteiger partial charge in [0.25, 0.3) is 5.91 Å². The van der Waals surface area contributed by atoms with Gasteiger partial charge in [0.05, 0.1) is 11.8 Å². The molecule has 0 bridgehead atoms. The van der Waals surface area contributed by atoms with Crippen molar-refractivity contribution >= 4 is 28.5 Å². The van der Waals surface area contributed by atoms with Crippen LogP contribution in [-0.4, -0.2) is 5.91 Å². The maximum Gasteiger partial charge on any atom is 0.255 e. The van der Waals surface area contributed by atoms with E-state index in [4.69, 9.17) is 4.42 Å². The number of halogens is 3. The molecule has 2 aromatic rings. The van der Waals surface area contributed by atoms with E-state index < -0.39 is 11.6 Å². The zero-order chi connectivity index (χ0) is 13.1. The summed E-state index contributed by atoms with van der Waals surface area (Å²) in [6.45, 7) is -0.00773. The highest BCUT2D eigenvalue weighted by molar-refractivity contribution is 14.1. The molecule has 3 nitrogen and oxygen atoms in total. The van der Waals surface area contributed by atoms with Crippen molar-refractivity contribution in [3.05, 3.63) is 57.1 Å². The summed E-state index contributed by atoms with van der Waals surface area (Å²) in [6.07, 6.45) is 1.40. The van der Waals surface area contributed by atoms with Crippen molar-refractivity contribution in [3.63, 3.8) is 0 Å². The molecule has 2 rings (SSSR count). The van der Waals surface area contributed by atoms with Gasteiger partial charge in [-0.1, -0.05) is 6.07 Å². The number of rotatable bonds is 3. The second-order valence-electron chi connectivity index (χ2n) is 3.53. The van der Waals surface area contributed by atoms with Crippen LogP contribution in [0, 0.1) is 15.4 Å². The molecule has 0 radical (unpaired) electrons. The molecule has 6 heteroatoms. The molecular weight excluding hydrogens is 355 g/mol. The molecule has 0 aliphatic rings. The van der Waals surface area contributed by atoms with E-state index in [-0.39, 0.29) is 18.0 Å². The van der Waals surface area contributed by atoms with E-state index in [1.807, 2.05) is 22.6 Å². The molecular formula is C12H8F2INO2. The first-order chi connectivity index (χ1) is 8.58. The second kappa shape index (κ2) is 5.47. The average Bonchev–Trinajstić information content (AvgIpc) is 2.74. The van der Waals surface area contributed by atoms with Crippen molar-refractivity contribution in [2.45, 2.75) is 6.54 Å². The summed E-state index contributed by atoms with van der Waals surface area (Å²) in [6, 6.07) is 4.75. The van der Waals surface area contributed by atoms with Gasteiger partial charge in [-0.25, -0.2) is 8.78 Å². The predicted molar refractivity (Wildman–Crippen MR) is 69.0 cm³/mol. The molecule has 0 aliphatic carbocycles. The minimum atomic E-state index is -0.683. The minimum Gasteiger partial charge on any atom is -0.458 e. The van der Waals surface area contributed by atoms with Gasteiger partial charge >= 0.3 is 0 Å². The van der Waals surface area contributed by atoms with E-state index in [9.17, 15) is 13.6 Å². The van der Waals surface area contributed by atoms with Crippen LogP contribution in [0.4, 0.5) is 8.78 Å². The third-order valence-electron chi connectivity index (χ3n) is 2.32. The third-order valence-corrected chi connectivity index (χ3v) is 3.15. The number of hydrogen-bond acceptors (Lipinski definition) is 2. The molecule has 1 aromatic heterocycles. The Morgan fingerprint density at radius 1 is 1.33 bits per heavy atom. The Labute approximate surface area is 115 Å². The van der Waals surface area contributed by atoms with Gasteiger partial charge < -0.3 is 9.73 Å². The van der Waals surface area contributed by atoms with E-state index in [0.29, 0.717) is 9.33 Å². The van der Waals surface area contributed by atoms with E-state index in [1.165, 1.54) is 18.4 Å². The smallest absolute Gasteiger partial charge is 0.255 e. The van der Waals surface area contributed by atoms with Crippen molar-refractivity contribution < 1.29 is 18.0 Å². The summed E-state index contributed by atoms with van der Waals surface area (Å²) in [5, 5.41) is 2.54. The van der Waals surface area contributed by atoms with Crippen molar-refractivity contribution in [3.8, 4) is 0 Å². The van der Waals surface area contributed by atoms with Gasteiger partial charge in [0.1, 0.15) is 11.6 Å². The maximum atomic E-state index is 13.3. The molecule has 1 aromatic carbocycles. The van der Waals surface area contributed by atoms with Gasteiger partial charge in [0.2, 0.25) is 0 Å². The van der Waals surface area contributed by atoms with E-state index >= 15 is 0 Å². The molecule has 1 amide bonds. The molecule has 18 heavy (non-hydrogen) atoms.